The summed E-state index contributed by atoms with van der Waals surface area (Å²) in [7, 11) is 0.449. The van der Waals surface area contributed by atoms with E-state index in [9.17, 15) is 18.6 Å². The van der Waals surface area contributed by atoms with Crippen molar-refractivity contribution >= 4 is 65.7 Å². The highest BCUT2D eigenvalue weighted by molar-refractivity contribution is 7.89. The van der Waals surface area contributed by atoms with Gasteiger partial charge in [-0.1, -0.05) is 49.7 Å². The fourth-order valence-electron chi connectivity index (χ4n) is 6.62. The minimum Gasteiger partial charge on any atom is -0.395 e. The molecule has 49 heavy (non-hydrogen) atoms. The van der Waals surface area contributed by atoms with Crippen molar-refractivity contribution < 1.29 is 18.6 Å². The van der Waals surface area contributed by atoms with E-state index in [1.165, 1.54) is 23.5 Å². The molecule has 0 amide bonds. The zero-order valence-corrected chi connectivity index (χ0v) is 29.0. The summed E-state index contributed by atoms with van der Waals surface area (Å²) in [6.45, 7) is 3.60. The maximum Gasteiger partial charge on any atom is 0.243 e. The SMILES string of the molecule is CCCC1(C)N(C)c2cccc3c(/N=N/c4ccc(/N=N/c5ccc(S(=O)(=O)N(CCO)CCO)cc5)c5ccccc45)ccc(c23)N1C. The maximum atomic E-state index is 12.9. The number of benzene rings is 5. The fourth-order valence-corrected chi connectivity index (χ4v) is 8.05. The first-order valence-corrected chi connectivity index (χ1v) is 17.8. The van der Waals surface area contributed by atoms with Gasteiger partial charge in [-0.15, -0.1) is 15.3 Å². The second-order valence-corrected chi connectivity index (χ2v) is 14.2. The van der Waals surface area contributed by atoms with Crippen molar-refractivity contribution in [2.24, 2.45) is 20.5 Å². The Morgan fingerprint density at radius 2 is 1.18 bits per heavy atom. The molecule has 0 spiro atoms. The number of sulfonamides is 1. The van der Waals surface area contributed by atoms with Crippen molar-refractivity contribution in [1.82, 2.24) is 4.31 Å². The molecule has 1 aliphatic heterocycles. The Hall–Kier alpha value is -4.75. The van der Waals surface area contributed by atoms with Crippen molar-refractivity contribution in [1.29, 1.82) is 0 Å². The molecule has 0 fully saturated rings. The molecule has 0 saturated carbocycles. The van der Waals surface area contributed by atoms with Gasteiger partial charge in [-0.25, -0.2) is 8.42 Å². The van der Waals surface area contributed by atoms with Gasteiger partial charge in [0.2, 0.25) is 10.0 Å². The molecule has 6 rings (SSSR count). The summed E-state index contributed by atoms with van der Waals surface area (Å²) in [5, 5.41) is 40.8. The third kappa shape index (κ3) is 6.28. The molecule has 254 valence electrons. The molecule has 1 atom stereocenters. The molecule has 0 aromatic heterocycles. The highest BCUT2D eigenvalue weighted by atomic mass is 32.2. The Kier molecular flexibility index (Phi) is 9.75. The van der Waals surface area contributed by atoms with E-state index in [0.717, 1.165) is 44.4 Å². The summed E-state index contributed by atoms with van der Waals surface area (Å²) in [5.41, 5.74) is 4.81. The lowest BCUT2D eigenvalue weighted by Gasteiger charge is -2.52. The van der Waals surface area contributed by atoms with E-state index in [-0.39, 0.29) is 36.9 Å². The van der Waals surface area contributed by atoms with Gasteiger partial charge < -0.3 is 20.0 Å². The number of anilines is 2. The third-order valence-corrected chi connectivity index (χ3v) is 11.4. The molecule has 0 saturated heterocycles. The number of rotatable bonds is 12. The predicted molar refractivity (Wildman–Crippen MR) is 196 cm³/mol. The Bertz CT molecular complexity index is 2130. The average molecular weight is 680 g/mol. The first kappa shape index (κ1) is 34.1. The maximum absolute atomic E-state index is 12.9. The quantitative estimate of drug-likeness (QED) is 0.128. The van der Waals surface area contributed by atoms with Crippen molar-refractivity contribution in [3.8, 4) is 0 Å². The first-order chi connectivity index (χ1) is 23.6. The van der Waals surface area contributed by atoms with Gasteiger partial charge in [0.25, 0.3) is 0 Å². The Labute approximate surface area is 286 Å². The summed E-state index contributed by atoms with van der Waals surface area (Å²) >= 11 is 0. The number of fused-ring (bicyclic) bond motifs is 1. The van der Waals surface area contributed by atoms with E-state index in [4.69, 9.17) is 10.2 Å². The predicted octanol–water partition coefficient (Wildman–Crippen LogP) is 8.20. The van der Waals surface area contributed by atoms with Crippen LogP contribution in [0.5, 0.6) is 0 Å². The molecule has 5 aromatic rings. The number of hydrogen-bond acceptors (Lipinski definition) is 10. The van der Waals surface area contributed by atoms with Gasteiger partial charge in [-0.2, -0.15) is 9.42 Å². The van der Waals surface area contributed by atoms with Crippen LogP contribution in [0.2, 0.25) is 0 Å². The van der Waals surface area contributed by atoms with Crippen LogP contribution in [0, 0.1) is 0 Å². The summed E-state index contributed by atoms with van der Waals surface area (Å²) < 4.78 is 26.9. The van der Waals surface area contributed by atoms with Crippen LogP contribution in [0.15, 0.2) is 116 Å². The van der Waals surface area contributed by atoms with E-state index in [1.807, 2.05) is 42.5 Å². The van der Waals surface area contributed by atoms with Crippen LogP contribution >= 0.6 is 0 Å². The van der Waals surface area contributed by atoms with Gasteiger partial charge >= 0.3 is 0 Å². The van der Waals surface area contributed by atoms with Crippen molar-refractivity contribution in [3.05, 3.63) is 91.0 Å². The fraction of sp³-hybridized carbons (Fsp3) is 0.297. The minimum absolute atomic E-state index is 0.0401. The lowest BCUT2D eigenvalue weighted by Crippen LogP contribution is -2.58. The van der Waals surface area contributed by atoms with Crippen molar-refractivity contribution in [3.63, 3.8) is 0 Å². The summed E-state index contributed by atoms with van der Waals surface area (Å²) in [6.07, 6.45) is 2.11. The molecule has 1 unspecified atom stereocenters. The second-order valence-electron chi connectivity index (χ2n) is 12.3. The zero-order valence-electron chi connectivity index (χ0n) is 28.2. The van der Waals surface area contributed by atoms with Gasteiger partial charge in [-0.05, 0) is 67.9 Å². The Balaban J connectivity index is 1.29. The molecule has 11 nitrogen and oxygen atoms in total. The highest BCUT2D eigenvalue weighted by Crippen LogP contribution is 2.48. The number of nitrogens with zero attached hydrogens (tertiary/aromatic N) is 7. The van der Waals surface area contributed by atoms with E-state index in [0.29, 0.717) is 17.1 Å². The molecular formula is C37H41N7O4S. The molecule has 0 radical (unpaired) electrons. The smallest absolute Gasteiger partial charge is 0.243 e. The normalized spacial score (nSPS) is 16.6. The highest BCUT2D eigenvalue weighted by Gasteiger charge is 2.39. The van der Waals surface area contributed by atoms with E-state index >= 15 is 0 Å². The van der Waals surface area contributed by atoms with Crippen molar-refractivity contribution in [2.75, 3.05) is 50.2 Å². The van der Waals surface area contributed by atoms with Crippen LogP contribution in [0.1, 0.15) is 26.7 Å². The van der Waals surface area contributed by atoms with Gasteiger partial charge in [0.05, 0.1) is 40.9 Å². The van der Waals surface area contributed by atoms with Gasteiger partial charge in [0.1, 0.15) is 5.66 Å². The van der Waals surface area contributed by atoms with Gasteiger partial charge in [0.15, 0.2) is 0 Å². The number of aliphatic hydroxyl groups is 2. The standard InChI is InChI=1S/C37H41N7O4S/c1-5-21-37(2)42(3)34-12-8-11-30-33(19-20-35(36(30)34)43(37)4)41-40-32-18-17-31(28-9-6-7-10-29(28)32)39-38-26-13-15-27(16-14-26)49(47,48)44(22-24-45)23-25-46/h6-20,45-46H,5,21-25H2,1-4H3/b39-38+,41-40+. The van der Waals surface area contributed by atoms with Crippen LogP contribution in [0.3, 0.4) is 0 Å². The van der Waals surface area contributed by atoms with Crippen LogP contribution in [-0.4, -0.2) is 69.0 Å². The van der Waals surface area contributed by atoms with E-state index in [2.05, 4.69) is 72.2 Å². The zero-order chi connectivity index (χ0) is 34.8. The molecule has 0 aliphatic carbocycles. The molecule has 1 heterocycles. The van der Waals surface area contributed by atoms with E-state index in [1.54, 1.807) is 12.1 Å². The lowest BCUT2D eigenvalue weighted by molar-refractivity contribution is 0.217. The summed E-state index contributed by atoms with van der Waals surface area (Å²) in [6, 6.07) is 28.1. The molecular weight excluding hydrogens is 639 g/mol. The molecule has 5 aromatic carbocycles. The molecule has 12 heteroatoms. The molecule has 0 bridgehead atoms. The minimum atomic E-state index is -3.88. The second kappa shape index (κ2) is 14.0. The monoisotopic (exact) mass is 679 g/mol. The molecule has 2 N–H and O–H groups in total. The average Bonchev–Trinajstić information content (AvgIpc) is 3.12. The summed E-state index contributed by atoms with van der Waals surface area (Å²) in [5.74, 6) is 0. The lowest BCUT2D eigenvalue weighted by atomic mass is 9.93. The van der Waals surface area contributed by atoms with Crippen LogP contribution < -0.4 is 9.80 Å². The first-order valence-electron chi connectivity index (χ1n) is 16.3. The topological polar surface area (TPSA) is 134 Å². The van der Waals surface area contributed by atoms with Crippen LogP contribution in [0.4, 0.5) is 34.1 Å². The number of azo groups is 2. The van der Waals surface area contributed by atoms with Gasteiger partial charge in [0, 0.05) is 60.1 Å². The van der Waals surface area contributed by atoms with Crippen LogP contribution in [-0.2, 0) is 10.0 Å². The number of aliphatic hydroxyl groups excluding tert-OH is 2. The number of hydrogen-bond donors (Lipinski definition) is 2. The van der Waals surface area contributed by atoms with E-state index < -0.39 is 10.0 Å². The summed E-state index contributed by atoms with van der Waals surface area (Å²) in [4.78, 5) is 4.78. The third-order valence-electron chi connectivity index (χ3n) is 9.46. The van der Waals surface area contributed by atoms with Crippen molar-refractivity contribution in [2.45, 2.75) is 37.2 Å². The Morgan fingerprint density at radius 1 is 0.673 bits per heavy atom. The van der Waals surface area contributed by atoms with Crippen LogP contribution in [0.25, 0.3) is 21.5 Å². The molecule has 1 aliphatic rings. The Morgan fingerprint density at radius 3 is 1.76 bits per heavy atom. The largest absolute Gasteiger partial charge is 0.395 e. The van der Waals surface area contributed by atoms with Gasteiger partial charge in [-0.3, -0.25) is 0 Å².